The van der Waals surface area contributed by atoms with Gasteiger partial charge in [-0.15, -0.1) is 0 Å². The molecule has 0 saturated heterocycles. The van der Waals surface area contributed by atoms with Crippen LogP contribution in [-0.4, -0.2) is 23.9 Å². The first kappa shape index (κ1) is 12.6. The van der Waals surface area contributed by atoms with Gasteiger partial charge in [0.2, 0.25) is 0 Å². The van der Waals surface area contributed by atoms with Crippen molar-refractivity contribution in [2.45, 2.75) is 52.0 Å². The monoisotopic (exact) mass is 252 g/mol. The fourth-order valence-corrected chi connectivity index (χ4v) is 3.15. The quantitative estimate of drug-likeness (QED) is 0.727. The van der Waals surface area contributed by atoms with Crippen molar-refractivity contribution in [2.24, 2.45) is 0 Å². The largest absolute Gasteiger partial charge is 0.345 e. The van der Waals surface area contributed by atoms with E-state index in [1.54, 1.807) is 11.3 Å². The van der Waals surface area contributed by atoms with Gasteiger partial charge in [0.1, 0.15) is 0 Å². The molecular weight excluding hydrogens is 232 g/mol. The van der Waals surface area contributed by atoms with Crippen molar-refractivity contribution < 1.29 is 4.79 Å². The number of carbonyl (C=O) groups is 1. The van der Waals surface area contributed by atoms with E-state index in [0.717, 1.165) is 35.0 Å². The van der Waals surface area contributed by atoms with E-state index in [9.17, 15) is 4.79 Å². The maximum Gasteiger partial charge on any atom is 0.186 e. The van der Waals surface area contributed by atoms with Gasteiger partial charge in [-0.2, -0.15) is 0 Å². The van der Waals surface area contributed by atoms with Crippen LogP contribution in [0, 0.1) is 0 Å². The topological polar surface area (TPSA) is 33.2 Å². The summed E-state index contributed by atoms with van der Waals surface area (Å²) in [6.07, 6.45) is 4.62. The highest BCUT2D eigenvalue weighted by molar-refractivity contribution is 7.17. The Labute approximate surface area is 107 Å². The molecule has 1 aromatic heterocycles. The molecule has 0 radical (unpaired) electrons. The third-order valence-electron chi connectivity index (χ3n) is 3.02. The molecule has 1 heterocycles. The van der Waals surface area contributed by atoms with E-state index >= 15 is 0 Å². The Balaban J connectivity index is 2.27. The van der Waals surface area contributed by atoms with Crippen LogP contribution in [0.3, 0.4) is 0 Å². The smallest absolute Gasteiger partial charge is 0.186 e. The SMILES string of the molecule is CCCN(c1nc(C(C)C)c(C=O)s1)C1CC1. The van der Waals surface area contributed by atoms with Crippen LogP contribution in [0.4, 0.5) is 5.13 Å². The lowest BCUT2D eigenvalue weighted by atomic mass is 10.1. The van der Waals surface area contributed by atoms with Gasteiger partial charge in [-0.05, 0) is 25.2 Å². The van der Waals surface area contributed by atoms with E-state index < -0.39 is 0 Å². The fraction of sp³-hybridized carbons (Fsp3) is 0.692. The van der Waals surface area contributed by atoms with E-state index in [1.165, 1.54) is 12.8 Å². The normalized spacial score (nSPS) is 15.3. The number of hydrogen-bond donors (Lipinski definition) is 0. The molecule has 17 heavy (non-hydrogen) atoms. The zero-order valence-corrected chi connectivity index (χ0v) is 11.6. The van der Waals surface area contributed by atoms with Crippen LogP contribution >= 0.6 is 11.3 Å². The standard InChI is InChI=1S/C13H20N2OS/c1-4-7-15(10-5-6-10)13-14-12(9(2)3)11(8-16)17-13/h8-10H,4-7H2,1-3H3. The van der Waals surface area contributed by atoms with Gasteiger partial charge in [-0.3, -0.25) is 4.79 Å². The molecule has 0 unspecified atom stereocenters. The Morgan fingerprint density at radius 1 is 1.53 bits per heavy atom. The first-order valence-corrected chi connectivity index (χ1v) is 7.21. The number of nitrogens with zero attached hydrogens (tertiary/aromatic N) is 2. The van der Waals surface area contributed by atoms with Crippen LogP contribution in [0.2, 0.25) is 0 Å². The van der Waals surface area contributed by atoms with Gasteiger partial charge in [0.05, 0.1) is 10.6 Å². The first-order chi connectivity index (χ1) is 8.17. The van der Waals surface area contributed by atoms with Gasteiger partial charge in [-0.1, -0.05) is 32.1 Å². The minimum absolute atomic E-state index is 0.322. The maximum atomic E-state index is 11.1. The zero-order valence-electron chi connectivity index (χ0n) is 10.8. The predicted octanol–water partition coefficient (Wildman–Crippen LogP) is 3.46. The Morgan fingerprint density at radius 3 is 2.65 bits per heavy atom. The number of anilines is 1. The summed E-state index contributed by atoms with van der Waals surface area (Å²) in [7, 11) is 0. The fourth-order valence-electron chi connectivity index (χ4n) is 2.01. The van der Waals surface area contributed by atoms with E-state index in [2.05, 4.69) is 30.7 Å². The van der Waals surface area contributed by atoms with Crippen molar-refractivity contribution >= 4 is 22.8 Å². The molecule has 0 atom stereocenters. The molecule has 0 spiro atoms. The molecule has 0 aromatic carbocycles. The van der Waals surface area contributed by atoms with Crippen molar-refractivity contribution in [1.82, 2.24) is 4.98 Å². The number of thiazole rings is 1. The van der Waals surface area contributed by atoms with Crippen LogP contribution in [-0.2, 0) is 0 Å². The van der Waals surface area contributed by atoms with Crippen LogP contribution in [0.5, 0.6) is 0 Å². The number of hydrogen-bond acceptors (Lipinski definition) is 4. The van der Waals surface area contributed by atoms with Gasteiger partial charge < -0.3 is 4.90 Å². The van der Waals surface area contributed by atoms with Gasteiger partial charge in [0.15, 0.2) is 11.4 Å². The van der Waals surface area contributed by atoms with E-state index in [4.69, 9.17) is 0 Å². The average Bonchev–Trinajstić information content (AvgIpc) is 3.04. The first-order valence-electron chi connectivity index (χ1n) is 6.39. The van der Waals surface area contributed by atoms with Crippen molar-refractivity contribution in [1.29, 1.82) is 0 Å². The highest BCUT2D eigenvalue weighted by Crippen LogP contribution is 2.36. The summed E-state index contributed by atoms with van der Waals surface area (Å²) < 4.78 is 0. The maximum absolute atomic E-state index is 11.1. The Morgan fingerprint density at radius 2 is 2.24 bits per heavy atom. The van der Waals surface area contributed by atoms with E-state index in [1.807, 2.05) is 0 Å². The summed E-state index contributed by atoms with van der Waals surface area (Å²) in [6, 6.07) is 0.667. The number of rotatable bonds is 6. The summed E-state index contributed by atoms with van der Waals surface area (Å²) in [5, 5.41) is 1.04. The third kappa shape index (κ3) is 2.68. The molecule has 0 N–H and O–H groups in total. The summed E-state index contributed by atoms with van der Waals surface area (Å²) in [5.41, 5.74) is 0.960. The second-order valence-corrected chi connectivity index (χ2v) is 5.95. The predicted molar refractivity (Wildman–Crippen MR) is 72.2 cm³/mol. The lowest BCUT2D eigenvalue weighted by Crippen LogP contribution is -2.26. The average molecular weight is 252 g/mol. The molecule has 1 aromatic rings. The lowest BCUT2D eigenvalue weighted by Gasteiger charge is -2.20. The molecule has 4 heteroatoms. The van der Waals surface area contributed by atoms with Crippen molar-refractivity contribution in [3.8, 4) is 0 Å². The number of carbonyl (C=O) groups excluding carboxylic acids is 1. The van der Waals surface area contributed by atoms with Gasteiger partial charge >= 0.3 is 0 Å². The van der Waals surface area contributed by atoms with E-state index in [-0.39, 0.29) is 0 Å². The molecule has 3 nitrogen and oxygen atoms in total. The van der Waals surface area contributed by atoms with Crippen molar-refractivity contribution in [3.63, 3.8) is 0 Å². The van der Waals surface area contributed by atoms with Crippen LogP contribution in [0.15, 0.2) is 0 Å². The molecule has 0 aliphatic heterocycles. The molecule has 1 aliphatic rings. The second-order valence-electron chi connectivity index (χ2n) is 4.94. The Bertz CT molecular complexity index is 396. The highest BCUT2D eigenvalue weighted by atomic mass is 32.1. The molecule has 1 saturated carbocycles. The van der Waals surface area contributed by atoms with Gasteiger partial charge in [0, 0.05) is 12.6 Å². The number of aldehydes is 1. The van der Waals surface area contributed by atoms with Crippen molar-refractivity contribution in [3.05, 3.63) is 10.6 Å². The van der Waals surface area contributed by atoms with Crippen LogP contribution in [0.25, 0.3) is 0 Å². The van der Waals surface area contributed by atoms with Gasteiger partial charge in [-0.25, -0.2) is 4.98 Å². The highest BCUT2D eigenvalue weighted by Gasteiger charge is 2.31. The summed E-state index contributed by atoms with van der Waals surface area (Å²) >= 11 is 1.55. The van der Waals surface area contributed by atoms with E-state index in [0.29, 0.717) is 12.0 Å². The zero-order chi connectivity index (χ0) is 12.4. The molecule has 2 rings (SSSR count). The molecule has 1 aliphatic carbocycles. The van der Waals surface area contributed by atoms with Crippen molar-refractivity contribution in [2.75, 3.05) is 11.4 Å². The molecule has 1 fully saturated rings. The molecule has 0 bridgehead atoms. The summed E-state index contributed by atoms with van der Waals surface area (Å²) in [6.45, 7) is 7.42. The molecule has 0 amide bonds. The minimum atomic E-state index is 0.322. The Kier molecular flexibility index (Phi) is 3.82. The molecule has 94 valence electrons. The Hall–Kier alpha value is -0.900. The third-order valence-corrected chi connectivity index (χ3v) is 4.06. The van der Waals surface area contributed by atoms with Crippen LogP contribution < -0.4 is 4.90 Å². The van der Waals surface area contributed by atoms with Crippen LogP contribution in [0.1, 0.15) is 61.3 Å². The summed E-state index contributed by atoms with van der Waals surface area (Å²) in [5.74, 6) is 0.322. The molecular formula is C13H20N2OS. The second kappa shape index (κ2) is 5.17. The minimum Gasteiger partial charge on any atom is -0.345 e. The summed E-state index contributed by atoms with van der Waals surface area (Å²) in [4.78, 5) is 18.9. The number of aromatic nitrogens is 1. The lowest BCUT2D eigenvalue weighted by molar-refractivity contribution is 0.112. The van der Waals surface area contributed by atoms with Gasteiger partial charge in [0.25, 0.3) is 0 Å².